The minimum absolute atomic E-state index is 0.176. The zero-order valence-corrected chi connectivity index (χ0v) is 14.5. The molecule has 2 aromatic carbocycles. The van der Waals surface area contributed by atoms with Crippen LogP contribution in [0.4, 0.5) is 10.5 Å². The Bertz CT molecular complexity index is 980. The maximum absolute atomic E-state index is 12.5. The molecule has 1 heterocycles. The number of rotatable bonds is 5. The van der Waals surface area contributed by atoms with E-state index >= 15 is 0 Å². The molecule has 7 nitrogen and oxygen atoms in total. The van der Waals surface area contributed by atoms with Gasteiger partial charge in [-0.1, -0.05) is 12.1 Å². The van der Waals surface area contributed by atoms with Crippen molar-refractivity contribution in [2.75, 3.05) is 19.5 Å². The molecule has 0 bridgehead atoms. The number of ether oxygens (including phenoxy) is 2. The summed E-state index contributed by atoms with van der Waals surface area (Å²) in [5.74, 6) is 1.39. The lowest BCUT2D eigenvalue weighted by Crippen LogP contribution is -2.30. The summed E-state index contributed by atoms with van der Waals surface area (Å²) in [7, 11) is 3.15. The summed E-state index contributed by atoms with van der Waals surface area (Å²) in [5.41, 5.74) is 1.47. The fourth-order valence-corrected chi connectivity index (χ4v) is 2.51. The molecule has 134 valence electrons. The monoisotopic (exact) mass is 353 g/mol. The normalized spacial score (nSPS) is 10.4. The molecule has 0 radical (unpaired) electrons. The second-order valence-electron chi connectivity index (χ2n) is 5.60. The van der Waals surface area contributed by atoms with Crippen molar-refractivity contribution in [3.8, 4) is 11.5 Å². The van der Waals surface area contributed by atoms with Crippen LogP contribution in [0.2, 0.25) is 0 Å². The van der Waals surface area contributed by atoms with Crippen molar-refractivity contribution in [1.29, 1.82) is 0 Å². The molecule has 0 atom stereocenters. The molecule has 26 heavy (non-hydrogen) atoms. The Kier molecular flexibility index (Phi) is 5.07. The number of aromatic amines is 1. The second-order valence-corrected chi connectivity index (χ2v) is 5.60. The van der Waals surface area contributed by atoms with Gasteiger partial charge in [0, 0.05) is 24.2 Å². The van der Waals surface area contributed by atoms with E-state index in [0.717, 1.165) is 11.3 Å². The molecule has 2 amide bonds. The Morgan fingerprint density at radius 2 is 1.73 bits per heavy atom. The lowest BCUT2D eigenvalue weighted by atomic mass is 10.2. The summed E-state index contributed by atoms with van der Waals surface area (Å²) in [6.45, 7) is 0.332. The summed E-state index contributed by atoms with van der Waals surface area (Å²) >= 11 is 0. The van der Waals surface area contributed by atoms with Gasteiger partial charge in [0.1, 0.15) is 17.2 Å². The standard InChI is InChI=1S/C19H19N3O4/c1-25-13-5-3-12(4-6-13)10-21-19(24)22-17-11-20-16-9-14(26-2)7-8-15(16)18(17)23/h3-9,11H,10H2,1-2H3,(H,20,23)(H2,21,22,24). The molecule has 0 aliphatic heterocycles. The summed E-state index contributed by atoms with van der Waals surface area (Å²) < 4.78 is 10.2. The lowest BCUT2D eigenvalue weighted by molar-refractivity contribution is 0.251. The van der Waals surface area contributed by atoms with E-state index < -0.39 is 6.03 Å². The van der Waals surface area contributed by atoms with Crippen molar-refractivity contribution in [3.05, 3.63) is 64.4 Å². The van der Waals surface area contributed by atoms with Crippen LogP contribution in [-0.4, -0.2) is 25.2 Å². The van der Waals surface area contributed by atoms with E-state index in [9.17, 15) is 9.59 Å². The predicted octanol–water partition coefficient (Wildman–Crippen LogP) is 2.87. The Morgan fingerprint density at radius 1 is 1.04 bits per heavy atom. The van der Waals surface area contributed by atoms with Crippen LogP contribution in [0.3, 0.4) is 0 Å². The first-order valence-electron chi connectivity index (χ1n) is 7.98. The molecule has 1 aromatic heterocycles. The van der Waals surface area contributed by atoms with Crippen molar-refractivity contribution in [2.45, 2.75) is 6.54 Å². The van der Waals surface area contributed by atoms with Crippen LogP contribution in [0.25, 0.3) is 10.9 Å². The van der Waals surface area contributed by atoms with Gasteiger partial charge in [0.05, 0.1) is 19.7 Å². The van der Waals surface area contributed by atoms with Gasteiger partial charge in [-0.05, 0) is 29.8 Å². The smallest absolute Gasteiger partial charge is 0.319 e. The first kappa shape index (κ1) is 17.3. The molecule has 3 N–H and O–H groups in total. The van der Waals surface area contributed by atoms with E-state index in [0.29, 0.717) is 23.2 Å². The molecule has 3 rings (SSSR count). The van der Waals surface area contributed by atoms with Crippen LogP contribution in [0.1, 0.15) is 5.56 Å². The van der Waals surface area contributed by atoms with E-state index in [-0.39, 0.29) is 11.1 Å². The van der Waals surface area contributed by atoms with Gasteiger partial charge < -0.3 is 25.1 Å². The van der Waals surface area contributed by atoms with Crippen LogP contribution in [0, 0.1) is 0 Å². The number of anilines is 1. The van der Waals surface area contributed by atoms with Gasteiger partial charge in [-0.25, -0.2) is 4.79 Å². The maximum atomic E-state index is 12.5. The third-order valence-corrected chi connectivity index (χ3v) is 3.95. The molecule has 0 aliphatic rings. The number of methoxy groups -OCH3 is 2. The number of aromatic nitrogens is 1. The summed E-state index contributed by atoms with van der Waals surface area (Å²) in [5, 5.41) is 5.76. The fourth-order valence-electron chi connectivity index (χ4n) is 2.51. The van der Waals surface area contributed by atoms with E-state index in [1.54, 1.807) is 32.4 Å². The topological polar surface area (TPSA) is 92.5 Å². The Labute approximate surface area is 149 Å². The quantitative estimate of drug-likeness (QED) is 0.658. The number of urea groups is 1. The highest BCUT2D eigenvalue weighted by Crippen LogP contribution is 2.17. The molecule has 0 saturated heterocycles. The number of hydrogen-bond acceptors (Lipinski definition) is 4. The fraction of sp³-hybridized carbons (Fsp3) is 0.158. The molecule has 0 spiro atoms. The minimum Gasteiger partial charge on any atom is -0.497 e. The van der Waals surface area contributed by atoms with E-state index in [1.165, 1.54) is 6.20 Å². The molecule has 0 aliphatic carbocycles. The van der Waals surface area contributed by atoms with Crippen LogP contribution in [0.15, 0.2) is 53.5 Å². The number of nitrogens with one attached hydrogen (secondary N) is 3. The average Bonchev–Trinajstić information content (AvgIpc) is 2.68. The van der Waals surface area contributed by atoms with Crippen LogP contribution >= 0.6 is 0 Å². The van der Waals surface area contributed by atoms with E-state index in [1.807, 2.05) is 24.3 Å². The van der Waals surface area contributed by atoms with Crippen molar-refractivity contribution in [2.24, 2.45) is 0 Å². The van der Waals surface area contributed by atoms with Gasteiger partial charge in [0.2, 0.25) is 5.43 Å². The number of hydrogen-bond donors (Lipinski definition) is 3. The van der Waals surface area contributed by atoms with Crippen molar-refractivity contribution < 1.29 is 14.3 Å². The second kappa shape index (κ2) is 7.60. The average molecular weight is 353 g/mol. The number of fused-ring (bicyclic) bond motifs is 1. The minimum atomic E-state index is -0.459. The Morgan fingerprint density at radius 3 is 2.42 bits per heavy atom. The summed E-state index contributed by atoms with van der Waals surface area (Å²) in [6.07, 6.45) is 1.47. The number of carbonyl (C=O) groups is 1. The van der Waals surface area contributed by atoms with Gasteiger partial charge in [0.25, 0.3) is 0 Å². The molecular weight excluding hydrogens is 334 g/mol. The Hall–Kier alpha value is -3.48. The highest BCUT2D eigenvalue weighted by molar-refractivity contribution is 5.92. The van der Waals surface area contributed by atoms with Crippen molar-refractivity contribution in [1.82, 2.24) is 10.3 Å². The SMILES string of the molecule is COc1ccc(CNC(=O)Nc2c[nH]c3cc(OC)ccc3c2=O)cc1. The van der Waals surface area contributed by atoms with E-state index in [2.05, 4.69) is 15.6 Å². The third kappa shape index (κ3) is 3.77. The summed E-state index contributed by atoms with van der Waals surface area (Å²) in [4.78, 5) is 27.6. The van der Waals surface area contributed by atoms with Gasteiger partial charge in [-0.3, -0.25) is 4.79 Å². The number of H-pyrrole nitrogens is 1. The van der Waals surface area contributed by atoms with Crippen molar-refractivity contribution in [3.63, 3.8) is 0 Å². The zero-order valence-electron chi connectivity index (χ0n) is 14.5. The first-order valence-corrected chi connectivity index (χ1v) is 7.98. The predicted molar refractivity (Wildman–Crippen MR) is 100.0 cm³/mol. The highest BCUT2D eigenvalue weighted by Gasteiger charge is 2.09. The highest BCUT2D eigenvalue weighted by atomic mass is 16.5. The third-order valence-electron chi connectivity index (χ3n) is 3.95. The van der Waals surface area contributed by atoms with Crippen LogP contribution in [-0.2, 0) is 6.54 Å². The van der Waals surface area contributed by atoms with Gasteiger partial charge >= 0.3 is 6.03 Å². The Balaban J connectivity index is 1.68. The van der Waals surface area contributed by atoms with Gasteiger partial charge in [-0.2, -0.15) is 0 Å². The largest absolute Gasteiger partial charge is 0.497 e. The first-order chi connectivity index (χ1) is 12.6. The van der Waals surface area contributed by atoms with Gasteiger partial charge in [-0.15, -0.1) is 0 Å². The summed E-state index contributed by atoms with van der Waals surface area (Å²) in [6, 6.07) is 12.0. The van der Waals surface area contributed by atoms with Crippen molar-refractivity contribution >= 4 is 22.6 Å². The number of pyridine rings is 1. The lowest BCUT2D eigenvalue weighted by Gasteiger charge is -2.09. The van der Waals surface area contributed by atoms with Gasteiger partial charge in [0.15, 0.2) is 0 Å². The molecular formula is C19H19N3O4. The molecule has 0 fully saturated rings. The zero-order chi connectivity index (χ0) is 18.5. The molecule has 0 unspecified atom stereocenters. The molecule has 3 aromatic rings. The maximum Gasteiger partial charge on any atom is 0.319 e. The molecule has 0 saturated carbocycles. The van der Waals surface area contributed by atoms with Crippen LogP contribution in [0.5, 0.6) is 11.5 Å². The molecule has 7 heteroatoms. The van der Waals surface area contributed by atoms with E-state index in [4.69, 9.17) is 9.47 Å². The number of carbonyl (C=O) groups excluding carboxylic acids is 1. The van der Waals surface area contributed by atoms with Crippen LogP contribution < -0.4 is 25.5 Å². The number of amides is 2. The number of benzene rings is 2.